The van der Waals surface area contributed by atoms with E-state index in [-0.39, 0.29) is 0 Å². The summed E-state index contributed by atoms with van der Waals surface area (Å²) in [4.78, 5) is 0.381. The number of benzene rings is 1. The summed E-state index contributed by atoms with van der Waals surface area (Å²) in [6.45, 7) is 0. The van der Waals surface area contributed by atoms with Crippen molar-refractivity contribution in [2.75, 3.05) is 14.2 Å². The van der Waals surface area contributed by atoms with Crippen molar-refractivity contribution in [2.24, 2.45) is 5.92 Å². The lowest BCUT2D eigenvalue weighted by Gasteiger charge is -2.23. The van der Waals surface area contributed by atoms with E-state index < -0.39 is 0 Å². The fourth-order valence-electron chi connectivity index (χ4n) is 2.90. The van der Waals surface area contributed by atoms with Gasteiger partial charge in [0.25, 0.3) is 0 Å². The molecule has 1 aliphatic carbocycles. The summed E-state index contributed by atoms with van der Waals surface area (Å²) in [5, 5.41) is 0. The summed E-state index contributed by atoms with van der Waals surface area (Å²) in [6.07, 6.45) is 8.10. The smallest absolute Gasteiger partial charge is 0.126 e. The quantitative estimate of drug-likeness (QED) is 0.565. The Morgan fingerprint density at radius 1 is 1.05 bits per heavy atom. The van der Waals surface area contributed by atoms with Gasteiger partial charge in [0.05, 0.1) is 14.2 Å². The SMILES string of the molecule is COc1ccc(C(Br)C2CCCCCC2)c(OC)c1. The van der Waals surface area contributed by atoms with Crippen LogP contribution in [-0.4, -0.2) is 14.2 Å². The van der Waals surface area contributed by atoms with Crippen molar-refractivity contribution in [3.63, 3.8) is 0 Å². The van der Waals surface area contributed by atoms with E-state index >= 15 is 0 Å². The van der Waals surface area contributed by atoms with E-state index in [1.54, 1.807) is 14.2 Å². The zero-order valence-electron chi connectivity index (χ0n) is 11.8. The van der Waals surface area contributed by atoms with Crippen molar-refractivity contribution in [3.05, 3.63) is 23.8 Å². The molecule has 0 spiro atoms. The monoisotopic (exact) mass is 326 g/mol. The second-order valence-corrected chi connectivity index (χ2v) is 6.25. The molecule has 0 bridgehead atoms. The summed E-state index contributed by atoms with van der Waals surface area (Å²) in [7, 11) is 3.41. The lowest BCUT2D eigenvalue weighted by atomic mass is 9.92. The molecule has 19 heavy (non-hydrogen) atoms. The summed E-state index contributed by atoms with van der Waals surface area (Å²) >= 11 is 3.90. The van der Waals surface area contributed by atoms with Gasteiger partial charge in [0, 0.05) is 16.5 Å². The Morgan fingerprint density at radius 2 is 1.74 bits per heavy atom. The molecule has 1 saturated carbocycles. The summed E-state index contributed by atoms with van der Waals surface area (Å²) in [6, 6.07) is 6.12. The first-order valence-corrected chi connectivity index (χ1v) is 8.04. The van der Waals surface area contributed by atoms with Gasteiger partial charge in [0.15, 0.2) is 0 Å². The number of hydrogen-bond donors (Lipinski definition) is 0. The maximum Gasteiger partial charge on any atom is 0.126 e. The minimum atomic E-state index is 0.381. The summed E-state index contributed by atoms with van der Waals surface area (Å²) in [5.41, 5.74) is 1.25. The fourth-order valence-corrected chi connectivity index (χ4v) is 3.81. The van der Waals surface area contributed by atoms with E-state index in [4.69, 9.17) is 9.47 Å². The second kappa shape index (κ2) is 7.18. The van der Waals surface area contributed by atoms with Crippen molar-refractivity contribution < 1.29 is 9.47 Å². The van der Waals surface area contributed by atoms with Gasteiger partial charge in [-0.15, -0.1) is 0 Å². The van der Waals surface area contributed by atoms with Crippen molar-refractivity contribution in [1.29, 1.82) is 0 Å². The third kappa shape index (κ3) is 3.65. The molecule has 0 amide bonds. The molecule has 1 atom stereocenters. The molecular formula is C16H23BrO2. The minimum absolute atomic E-state index is 0.381. The highest BCUT2D eigenvalue weighted by molar-refractivity contribution is 9.09. The zero-order chi connectivity index (χ0) is 13.7. The van der Waals surface area contributed by atoms with E-state index in [9.17, 15) is 0 Å². The van der Waals surface area contributed by atoms with Gasteiger partial charge >= 0.3 is 0 Å². The molecule has 106 valence electrons. The predicted molar refractivity (Wildman–Crippen MR) is 82.4 cm³/mol. The van der Waals surface area contributed by atoms with Crippen LogP contribution in [-0.2, 0) is 0 Å². The van der Waals surface area contributed by atoms with Crippen LogP contribution in [0.2, 0.25) is 0 Å². The van der Waals surface area contributed by atoms with Crippen LogP contribution in [0.3, 0.4) is 0 Å². The van der Waals surface area contributed by atoms with Gasteiger partial charge in [0.2, 0.25) is 0 Å². The molecule has 1 aliphatic rings. The lowest BCUT2D eigenvalue weighted by Crippen LogP contribution is -2.08. The molecule has 1 fully saturated rings. The molecule has 0 saturated heterocycles. The number of methoxy groups -OCH3 is 2. The Hall–Kier alpha value is -0.700. The molecule has 1 aromatic rings. The molecule has 1 unspecified atom stereocenters. The topological polar surface area (TPSA) is 18.5 Å². The Labute approximate surface area is 124 Å². The molecule has 0 heterocycles. The zero-order valence-corrected chi connectivity index (χ0v) is 13.4. The molecule has 2 rings (SSSR count). The molecule has 0 N–H and O–H groups in total. The highest BCUT2D eigenvalue weighted by atomic mass is 79.9. The maximum atomic E-state index is 5.52. The predicted octanol–water partition coefficient (Wildman–Crippen LogP) is 5.11. The van der Waals surface area contributed by atoms with E-state index in [2.05, 4.69) is 22.0 Å². The van der Waals surface area contributed by atoms with Gasteiger partial charge < -0.3 is 9.47 Å². The van der Waals surface area contributed by atoms with Crippen LogP contribution in [0.1, 0.15) is 48.9 Å². The Bertz CT molecular complexity index is 398. The van der Waals surface area contributed by atoms with E-state index in [0.29, 0.717) is 10.7 Å². The van der Waals surface area contributed by atoms with Crippen LogP contribution >= 0.6 is 15.9 Å². The number of halogens is 1. The molecule has 3 heteroatoms. The molecule has 0 aliphatic heterocycles. The summed E-state index contributed by atoms with van der Waals surface area (Å²) in [5.74, 6) is 2.48. The second-order valence-electron chi connectivity index (χ2n) is 5.26. The van der Waals surface area contributed by atoms with Crippen LogP contribution in [0.25, 0.3) is 0 Å². The van der Waals surface area contributed by atoms with Crippen LogP contribution in [0.5, 0.6) is 11.5 Å². The minimum Gasteiger partial charge on any atom is -0.497 e. The van der Waals surface area contributed by atoms with Crippen molar-refractivity contribution >= 4 is 15.9 Å². The Balaban J connectivity index is 2.19. The van der Waals surface area contributed by atoms with E-state index in [1.165, 1.54) is 44.1 Å². The van der Waals surface area contributed by atoms with Crippen LogP contribution in [0.4, 0.5) is 0 Å². The fraction of sp³-hybridized carbons (Fsp3) is 0.625. The summed E-state index contributed by atoms with van der Waals surface area (Å²) < 4.78 is 10.8. The molecule has 1 aromatic carbocycles. The van der Waals surface area contributed by atoms with E-state index in [1.807, 2.05) is 12.1 Å². The first-order chi connectivity index (χ1) is 9.26. The van der Waals surface area contributed by atoms with Crippen molar-refractivity contribution in [2.45, 2.75) is 43.4 Å². The maximum absolute atomic E-state index is 5.52. The highest BCUT2D eigenvalue weighted by Crippen LogP contribution is 2.43. The standard InChI is InChI=1S/C16H23BrO2/c1-18-13-9-10-14(15(11-13)19-2)16(17)12-7-5-3-4-6-8-12/h9-12,16H,3-8H2,1-2H3. The van der Waals surface area contributed by atoms with Crippen LogP contribution in [0, 0.1) is 5.92 Å². The van der Waals surface area contributed by atoms with Gasteiger partial charge in [-0.1, -0.05) is 47.7 Å². The van der Waals surface area contributed by atoms with E-state index in [0.717, 1.165) is 11.5 Å². The molecule has 2 nitrogen and oxygen atoms in total. The Morgan fingerprint density at radius 3 is 2.32 bits per heavy atom. The number of rotatable bonds is 4. The van der Waals surface area contributed by atoms with Gasteiger partial charge in [0.1, 0.15) is 11.5 Å². The first-order valence-electron chi connectivity index (χ1n) is 7.12. The third-order valence-electron chi connectivity index (χ3n) is 4.05. The van der Waals surface area contributed by atoms with Crippen molar-refractivity contribution in [3.8, 4) is 11.5 Å². The van der Waals surface area contributed by atoms with Crippen LogP contribution < -0.4 is 9.47 Å². The van der Waals surface area contributed by atoms with Gasteiger partial charge in [-0.25, -0.2) is 0 Å². The average molecular weight is 327 g/mol. The molecular weight excluding hydrogens is 304 g/mol. The third-order valence-corrected chi connectivity index (χ3v) is 5.29. The van der Waals surface area contributed by atoms with Crippen molar-refractivity contribution in [1.82, 2.24) is 0 Å². The average Bonchev–Trinajstić information content (AvgIpc) is 2.74. The molecule has 0 aromatic heterocycles. The lowest BCUT2D eigenvalue weighted by molar-refractivity contribution is 0.383. The largest absolute Gasteiger partial charge is 0.497 e. The highest BCUT2D eigenvalue weighted by Gasteiger charge is 2.24. The first kappa shape index (κ1) is 14.7. The van der Waals surface area contributed by atoms with Gasteiger partial charge in [-0.3, -0.25) is 0 Å². The number of alkyl halides is 1. The number of ether oxygens (including phenoxy) is 2. The normalized spacial score (nSPS) is 18.7. The van der Waals surface area contributed by atoms with Gasteiger partial charge in [-0.2, -0.15) is 0 Å². The number of hydrogen-bond acceptors (Lipinski definition) is 2. The van der Waals surface area contributed by atoms with Gasteiger partial charge in [-0.05, 0) is 24.8 Å². The Kier molecular flexibility index (Phi) is 5.56. The molecule has 0 radical (unpaired) electrons. The van der Waals surface area contributed by atoms with Crippen LogP contribution in [0.15, 0.2) is 18.2 Å².